The number of nitrogens with one attached hydrogen (secondary N) is 2. The first-order valence-electron chi connectivity index (χ1n) is 10.7. The molecule has 3 aromatic rings. The molecule has 0 radical (unpaired) electrons. The fraction of sp³-hybridized carbons (Fsp3) is 0.208. The molecule has 36 heavy (non-hydrogen) atoms. The molecule has 9 nitrogen and oxygen atoms in total. The summed E-state index contributed by atoms with van der Waals surface area (Å²) >= 11 is 0. The van der Waals surface area contributed by atoms with Gasteiger partial charge in [0.05, 0.1) is 0 Å². The number of pyridine rings is 1. The molecule has 5 N–H and O–H groups in total. The Hall–Kier alpha value is -4.32. The van der Waals surface area contributed by atoms with Crippen LogP contribution in [0.25, 0.3) is 0 Å². The van der Waals surface area contributed by atoms with Crippen LogP contribution in [0, 0.1) is 0 Å². The molecule has 0 bridgehead atoms. The number of nitrogens with zero attached hydrogens (tertiary/aromatic N) is 1. The van der Waals surface area contributed by atoms with Crippen molar-refractivity contribution in [1.82, 2.24) is 15.6 Å². The molecular formula is C24H21F3N4O5. The lowest BCUT2D eigenvalue weighted by atomic mass is 10.1. The Balaban J connectivity index is 1.36. The van der Waals surface area contributed by atoms with Crippen LogP contribution in [-0.2, 0) is 17.5 Å². The third kappa shape index (κ3) is 5.66. The van der Waals surface area contributed by atoms with Gasteiger partial charge < -0.3 is 25.3 Å². The highest BCUT2D eigenvalue weighted by Crippen LogP contribution is 2.40. The molecule has 2 aromatic carbocycles. The predicted octanol–water partition coefficient (Wildman–Crippen LogP) is 3.43. The second kappa shape index (κ2) is 9.74. The van der Waals surface area contributed by atoms with Gasteiger partial charge in [0, 0.05) is 12.6 Å². The third-order valence-electron chi connectivity index (χ3n) is 5.50. The number of aromatic nitrogens is 1. The summed E-state index contributed by atoms with van der Waals surface area (Å²) in [4.78, 5) is 33.2. The van der Waals surface area contributed by atoms with Crippen LogP contribution in [0.2, 0.25) is 0 Å². The molecule has 1 heterocycles. The molecule has 1 saturated carbocycles. The quantitative estimate of drug-likeness (QED) is 0.347. The smallest absolute Gasteiger partial charge is 0.420 e. The molecule has 0 saturated heterocycles. The second-order valence-electron chi connectivity index (χ2n) is 8.12. The van der Waals surface area contributed by atoms with Gasteiger partial charge in [-0.3, -0.25) is 9.59 Å². The van der Waals surface area contributed by atoms with E-state index in [4.69, 9.17) is 10.6 Å². The second-order valence-corrected chi connectivity index (χ2v) is 8.12. The number of amides is 2. The van der Waals surface area contributed by atoms with Crippen molar-refractivity contribution in [3.8, 4) is 23.1 Å². The average molecular weight is 502 g/mol. The highest BCUT2D eigenvalue weighted by Gasteiger charge is 2.51. The zero-order chi connectivity index (χ0) is 25.9. The van der Waals surface area contributed by atoms with Crippen molar-refractivity contribution >= 4 is 11.8 Å². The van der Waals surface area contributed by atoms with Crippen molar-refractivity contribution in [3.63, 3.8) is 0 Å². The van der Waals surface area contributed by atoms with Crippen molar-refractivity contribution in [2.24, 2.45) is 5.90 Å². The number of carbonyl (C=O) groups is 2. The van der Waals surface area contributed by atoms with E-state index in [-0.39, 0.29) is 35.5 Å². The lowest BCUT2D eigenvalue weighted by Crippen LogP contribution is -2.48. The summed E-state index contributed by atoms with van der Waals surface area (Å²) < 4.78 is 45.4. The van der Waals surface area contributed by atoms with Gasteiger partial charge in [0.1, 0.15) is 34.0 Å². The molecular weight excluding hydrogens is 481 g/mol. The van der Waals surface area contributed by atoms with Crippen LogP contribution in [0.3, 0.4) is 0 Å². The van der Waals surface area contributed by atoms with Gasteiger partial charge >= 0.3 is 6.18 Å². The van der Waals surface area contributed by atoms with Crippen LogP contribution in [0.4, 0.5) is 13.2 Å². The summed E-state index contributed by atoms with van der Waals surface area (Å²) in [5, 5.41) is 14.8. The molecule has 2 amide bonds. The lowest BCUT2D eigenvalue weighted by molar-refractivity contribution is -0.138. The van der Waals surface area contributed by atoms with E-state index in [9.17, 15) is 27.9 Å². The molecule has 0 atom stereocenters. The first kappa shape index (κ1) is 24.8. The van der Waals surface area contributed by atoms with Gasteiger partial charge in [0.15, 0.2) is 0 Å². The monoisotopic (exact) mass is 502 g/mol. The van der Waals surface area contributed by atoms with Crippen LogP contribution in [-0.4, -0.2) is 27.4 Å². The van der Waals surface area contributed by atoms with Crippen molar-refractivity contribution in [1.29, 1.82) is 0 Å². The van der Waals surface area contributed by atoms with Crippen molar-refractivity contribution < 1.29 is 37.4 Å². The molecule has 188 valence electrons. The van der Waals surface area contributed by atoms with E-state index in [1.54, 1.807) is 12.1 Å². The Bertz CT molecular complexity index is 1280. The molecule has 1 fully saturated rings. The Morgan fingerprint density at radius 2 is 1.75 bits per heavy atom. The number of rotatable bonds is 8. The van der Waals surface area contributed by atoms with Gasteiger partial charge in [-0.25, -0.2) is 4.98 Å². The normalized spacial score (nSPS) is 14.0. The van der Waals surface area contributed by atoms with Gasteiger partial charge in [-0.15, -0.1) is 0 Å². The largest absolute Gasteiger partial charge is 0.493 e. The average Bonchev–Trinajstić information content (AvgIpc) is 3.63. The van der Waals surface area contributed by atoms with E-state index in [1.165, 1.54) is 36.4 Å². The number of carbonyl (C=O) groups excluding carboxylic acids is 2. The zero-order valence-corrected chi connectivity index (χ0v) is 18.6. The predicted molar refractivity (Wildman–Crippen MR) is 120 cm³/mol. The Kier molecular flexibility index (Phi) is 6.71. The zero-order valence-electron chi connectivity index (χ0n) is 18.6. The van der Waals surface area contributed by atoms with E-state index < -0.39 is 28.9 Å². The van der Waals surface area contributed by atoms with Gasteiger partial charge in [-0.2, -0.15) is 19.1 Å². The topological polar surface area (TPSA) is 136 Å². The van der Waals surface area contributed by atoms with E-state index in [0.29, 0.717) is 18.4 Å². The van der Waals surface area contributed by atoms with E-state index in [0.717, 1.165) is 12.1 Å². The number of ether oxygens (including phenoxy) is 1. The van der Waals surface area contributed by atoms with Gasteiger partial charge in [-0.05, 0) is 54.8 Å². The summed E-state index contributed by atoms with van der Waals surface area (Å²) in [5.41, 5.74) is -1.45. The van der Waals surface area contributed by atoms with E-state index >= 15 is 0 Å². The number of aromatic hydroxyl groups is 1. The maximum absolute atomic E-state index is 13.3. The molecule has 1 aliphatic rings. The summed E-state index contributed by atoms with van der Waals surface area (Å²) in [6, 6.07) is 13.4. The maximum atomic E-state index is 13.3. The van der Waals surface area contributed by atoms with Crippen LogP contribution < -0.4 is 26.1 Å². The number of hydrogen-bond acceptors (Lipinski definition) is 7. The van der Waals surface area contributed by atoms with Crippen LogP contribution in [0.15, 0.2) is 60.7 Å². The third-order valence-corrected chi connectivity index (χ3v) is 5.50. The minimum Gasteiger partial charge on any atom is -0.493 e. The van der Waals surface area contributed by atoms with Gasteiger partial charge in [0.25, 0.3) is 5.91 Å². The summed E-state index contributed by atoms with van der Waals surface area (Å²) in [7, 11) is 0. The van der Waals surface area contributed by atoms with E-state index in [1.807, 2.05) is 0 Å². The Morgan fingerprint density at radius 3 is 2.36 bits per heavy atom. The van der Waals surface area contributed by atoms with Crippen molar-refractivity contribution in [3.05, 3.63) is 77.5 Å². The lowest BCUT2D eigenvalue weighted by Gasteiger charge is -2.17. The van der Waals surface area contributed by atoms with Gasteiger partial charge in [-0.1, -0.05) is 18.2 Å². The Morgan fingerprint density at radius 1 is 1.06 bits per heavy atom. The van der Waals surface area contributed by atoms with Gasteiger partial charge in [0.2, 0.25) is 11.8 Å². The number of hydrogen-bond donors (Lipinski definition) is 4. The molecule has 12 heteroatoms. The standard InChI is InChI=1S/C24H21F3N4O5/c25-24(26,27)17-12-16(36-28)8-9-19(17)35-15-6-4-14(5-7-15)13-29-22(34)23(10-11-23)31-21(33)18-2-1-3-20(32)30-18/h1-9,12H,10-11,13,28H2,(H,29,34)(H,30,32)(H,31,33). The first-order chi connectivity index (χ1) is 17.1. The van der Waals surface area contributed by atoms with Crippen LogP contribution in [0.5, 0.6) is 23.1 Å². The summed E-state index contributed by atoms with van der Waals surface area (Å²) in [6.45, 7) is 0.122. The summed E-state index contributed by atoms with van der Waals surface area (Å²) in [6.07, 6.45) is -3.78. The van der Waals surface area contributed by atoms with E-state index in [2.05, 4.69) is 20.5 Å². The molecule has 4 rings (SSSR count). The number of benzene rings is 2. The fourth-order valence-corrected chi connectivity index (χ4v) is 3.41. The maximum Gasteiger partial charge on any atom is 0.420 e. The van der Waals surface area contributed by atoms with Crippen molar-refractivity contribution in [2.45, 2.75) is 31.1 Å². The number of nitrogens with two attached hydrogens (primary N) is 1. The molecule has 0 aliphatic heterocycles. The molecule has 0 unspecified atom stereocenters. The molecule has 1 aliphatic carbocycles. The highest BCUT2D eigenvalue weighted by atomic mass is 19.4. The minimum atomic E-state index is -4.68. The van der Waals surface area contributed by atoms with Crippen LogP contribution in [0.1, 0.15) is 34.5 Å². The molecule has 1 aromatic heterocycles. The first-order valence-corrected chi connectivity index (χ1v) is 10.7. The number of halogens is 3. The fourth-order valence-electron chi connectivity index (χ4n) is 3.41. The summed E-state index contributed by atoms with van der Waals surface area (Å²) in [5.74, 6) is 3.25. The minimum absolute atomic E-state index is 0.0106. The SMILES string of the molecule is NOc1ccc(Oc2ccc(CNC(=O)C3(NC(=O)c4cccc(O)n4)CC3)cc2)c(C(F)(F)F)c1. The highest BCUT2D eigenvalue weighted by molar-refractivity contribution is 5.99. The number of alkyl halides is 3. The van der Waals surface area contributed by atoms with Crippen molar-refractivity contribution in [2.75, 3.05) is 0 Å². The van der Waals surface area contributed by atoms with Crippen LogP contribution >= 0.6 is 0 Å². The molecule has 0 spiro atoms. The Labute approximate surface area is 203 Å².